The summed E-state index contributed by atoms with van der Waals surface area (Å²) in [6.07, 6.45) is 8.06. The molecule has 0 radical (unpaired) electrons. The second kappa shape index (κ2) is 14.7. The minimum absolute atomic E-state index is 0.0569. The van der Waals surface area contributed by atoms with Crippen molar-refractivity contribution >= 4 is 26.4 Å². The molecule has 0 fully saturated rings. The Morgan fingerprint density at radius 2 is 0.963 bits per heavy atom. The molecule has 268 valence electrons. The molecule has 0 aromatic heterocycles. The van der Waals surface area contributed by atoms with Gasteiger partial charge in [-0.25, -0.2) is 0 Å². The van der Waals surface area contributed by atoms with Crippen molar-refractivity contribution in [3.05, 3.63) is 198 Å². The molecular formula is C51H46Cl2Zr. The summed E-state index contributed by atoms with van der Waals surface area (Å²) in [5.74, 6) is 0. The third-order valence-electron chi connectivity index (χ3n) is 11.0. The van der Waals surface area contributed by atoms with E-state index in [1.54, 1.807) is 3.28 Å². The molecule has 2 aliphatic carbocycles. The predicted molar refractivity (Wildman–Crippen MR) is 230 cm³/mol. The molecule has 0 heterocycles. The van der Waals surface area contributed by atoms with Crippen molar-refractivity contribution in [3.63, 3.8) is 0 Å². The molecule has 54 heavy (non-hydrogen) atoms. The molecular weight excluding hydrogens is 775 g/mol. The van der Waals surface area contributed by atoms with Crippen molar-refractivity contribution < 1.29 is 21.3 Å². The van der Waals surface area contributed by atoms with E-state index in [-0.39, 0.29) is 14.5 Å². The fourth-order valence-corrected chi connectivity index (χ4v) is 17.7. The molecule has 6 aromatic rings. The maximum atomic E-state index is 6.57. The van der Waals surface area contributed by atoms with Gasteiger partial charge in [-0.05, 0) is 0 Å². The van der Waals surface area contributed by atoms with Gasteiger partial charge in [-0.1, -0.05) is 0 Å². The van der Waals surface area contributed by atoms with Crippen LogP contribution in [0.2, 0.25) is 10.0 Å². The summed E-state index contributed by atoms with van der Waals surface area (Å²) in [6.45, 7) is 14.1. The van der Waals surface area contributed by atoms with Crippen LogP contribution in [-0.2, 0) is 32.1 Å². The van der Waals surface area contributed by atoms with E-state index in [1.807, 2.05) is 0 Å². The number of fused-ring (bicyclic) bond motifs is 3. The number of allylic oxidation sites excluding steroid dienone is 4. The standard InChI is InChI=1S/C33H33.C13H8Cl2.C5H5.Zr/c1-32(2,3)30-20-26-24(18-28(30)22-13-9-7-10-14-22)17-25-19-29(23-15-11-8-12-16-23)31(21-27(25)26)33(4,5)6;14-12-5-1-10(2-6-12)9-11-3-7-13(15)8-4-11;1-2-4-5-3-1;/h7-21H,1-6H3;1-8H;1-3H,4H2;. The summed E-state index contributed by atoms with van der Waals surface area (Å²) in [7, 11) is 0. The summed E-state index contributed by atoms with van der Waals surface area (Å²) >= 11 is 10.1. The number of rotatable bonds is 6. The van der Waals surface area contributed by atoms with E-state index in [9.17, 15) is 0 Å². The molecule has 0 saturated carbocycles. The Bertz CT molecular complexity index is 2300. The summed E-state index contributed by atoms with van der Waals surface area (Å²) < 4.78 is 3.31. The van der Waals surface area contributed by atoms with Crippen LogP contribution in [0.1, 0.15) is 85.0 Å². The van der Waals surface area contributed by atoms with Crippen LogP contribution >= 0.6 is 23.2 Å². The summed E-state index contributed by atoms with van der Waals surface area (Å²) in [6, 6.07) is 49.5. The van der Waals surface area contributed by atoms with Gasteiger partial charge in [-0.2, -0.15) is 0 Å². The molecule has 2 aliphatic rings. The molecule has 0 atom stereocenters. The molecule has 0 amide bonds. The van der Waals surface area contributed by atoms with Crippen LogP contribution in [-0.4, -0.2) is 3.21 Å². The number of hydrogen-bond acceptors (Lipinski definition) is 0. The quantitative estimate of drug-likeness (QED) is 0.157. The van der Waals surface area contributed by atoms with E-state index in [2.05, 4.69) is 193 Å². The van der Waals surface area contributed by atoms with Crippen LogP contribution < -0.4 is 0 Å². The van der Waals surface area contributed by atoms with Gasteiger partial charge in [0.1, 0.15) is 0 Å². The van der Waals surface area contributed by atoms with Gasteiger partial charge in [0.25, 0.3) is 0 Å². The van der Waals surface area contributed by atoms with Crippen LogP contribution in [0, 0.1) is 0 Å². The molecule has 6 aromatic carbocycles. The molecule has 3 heteroatoms. The van der Waals surface area contributed by atoms with Crippen molar-refractivity contribution in [2.75, 3.05) is 0 Å². The van der Waals surface area contributed by atoms with E-state index < -0.39 is 21.3 Å². The van der Waals surface area contributed by atoms with Crippen molar-refractivity contribution in [1.82, 2.24) is 0 Å². The first-order valence-corrected chi connectivity index (χ1v) is 23.6. The Balaban J connectivity index is 1.55. The van der Waals surface area contributed by atoms with Crippen LogP contribution in [0.5, 0.6) is 0 Å². The van der Waals surface area contributed by atoms with E-state index >= 15 is 0 Å². The Labute approximate surface area is 339 Å². The minimum atomic E-state index is -3.02. The Kier molecular flexibility index (Phi) is 10.1. The Hall–Kier alpha value is -3.87. The van der Waals surface area contributed by atoms with Crippen molar-refractivity contribution in [3.8, 4) is 33.4 Å². The monoisotopic (exact) mass is 818 g/mol. The first kappa shape index (κ1) is 37.1. The van der Waals surface area contributed by atoms with Gasteiger partial charge in [-0.3, -0.25) is 0 Å². The molecule has 0 aliphatic heterocycles. The van der Waals surface area contributed by atoms with Gasteiger partial charge in [0.05, 0.1) is 0 Å². The van der Waals surface area contributed by atoms with E-state index in [0.29, 0.717) is 0 Å². The Morgan fingerprint density at radius 3 is 1.33 bits per heavy atom. The first-order valence-electron chi connectivity index (χ1n) is 19.0. The number of benzene rings is 6. The first-order chi connectivity index (χ1) is 25.9. The van der Waals surface area contributed by atoms with Gasteiger partial charge < -0.3 is 0 Å². The van der Waals surface area contributed by atoms with Gasteiger partial charge >= 0.3 is 342 Å². The third kappa shape index (κ3) is 7.05. The average molecular weight is 821 g/mol. The summed E-state index contributed by atoms with van der Waals surface area (Å²) in [5, 5.41) is 1.50. The predicted octanol–water partition coefficient (Wildman–Crippen LogP) is 14.7. The second-order valence-corrected chi connectivity index (χ2v) is 23.9. The fourth-order valence-electron chi connectivity index (χ4n) is 8.46. The van der Waals surface area contributed by atoms with E-state index in [0.717, 1.165) is 16.5 Å². The zero-order valence-corrected chi connectivity index (χ0v) is 35.9. The second-order valence-electron chi connectivity index (χ2n) is 16.8. The van der Waals surface area contributed by atoms with Gasteiger partial charge in [0.15, 0.2) is 0 Å². The van der Waals surface area contributed by atoms with Crippen LogP contribution in [0.25, 0.3) is 33.4 Å². The third-order valence-corrected chi connectivity index (χ3v) is 19.8. The summed E-state index contributed by atoms with van der Waals surface area (Å²) in [5.41, 5.74) is 16.1. The van der Waals surface area contributed by atoms with E-state index in [1.165, 1.54) is 70.0 Å². The van der Waals surface area contributed by atoms with Gasteiger partial charge in [-0.15, -0.1) is 0 Å². The van der Waals surface area contributed by atoms with Crippen LogP contribution in [0.4, 0.5) is 0 Å². The SMILES string of the molecule is CC(C)(C)c1cc2c(cc1-c1ccccc1)[CH]([Zr]([C]1=CC=CC1)=[C](c1ccc(Cl)cc1)c1ccc(Cl)cc1)c1cc(-c3ccccc3)c(C(C)(C)C)cc1-2. The van der Waals surface area contributed by atoms with Crippen molar-refractivity contribution in [2.24, 2.45) is 0 Å². The molecule has 0 nitrogen and oxygen atoms in total. The van der Waals surface area contributed by atoms with Gasteiger partial charge in [0, 0.05) is 0 Å². The van der Waals surface area contributed by atoms with E-state index in [4.69, 9.17) is 23.2 Å². The molecule has 0 unspecified atom stereocenters. The van der Waals surface area contributed by atoms with Crippen LogP contribution in [0.15, 0.2) is 155 Å². The normalized spacial score (nSPS) is 13.8. The molecule has 8 rings (SSSR count). The van der Waals surface area contributed by atoms with Crippen molar-refractivity contribution in [1.29, 1.82) is 0 Å². The molecule has 0 spiro atoms. The summed E-state index contributed by atoms with van der Waals surface area (Å²) in [4.78, 5) is 0. The zero-order chi connectivity index (χ0) is 37.8. The molecule has 0 N–H and O–H groups in total. The van der Waals surface area contributed by atoms with Crippen molar-refractivity contribution in [2.45, 2.75) is 62.4 Å². The maximum absolute atomic E-state index is 6.57. The molecule has 0 bridgehead atoms. The fraction of sp³-hybridized carbons (Fsp3) is 0.196. The zero-order valence-electron chi connectivity index (χ0n) is 32.0. The van der Waals surface area contributed by atoms with Crippen LogP contribution in [0.3, 0.4) is 0 Å². The topological polar surface area (TPSA) is 0 Å². The number of halogens is 2. The molecule has 0 saturated heterocycles. The Morgan fingerprint density at radius 1 is 0.537 bits per heavy atom. The average Bonchev–Trinajstić information content (AvgIpc) is 3.80. The number of hydrogen-bond donors (Lipinski definition) is 0. The van der Waals surface area contributed by atoms with Gasteiger partial charge in [0.2, 0.25) is 0 Å².